The molecule has 12 heteroatoms. The average molecular weight is 618 g/mol. The van der Waals surface area contributed by atoms with Gasteiger partial charge in [-0.25, -0.2) is 14.4 Å². The van der Waals surface area contributed by atoms with Gasteiger partial charge in [0.15, 0.2) is 5.60 Å². The maximum atomic E-state index is 12.8. The molecule has 2 N–H and O–H groups in total. The summed E-state index contributed by atoms with van der Waals surface area (Å²) in [7, 11) is 0. The summed E-state index contributed by atoms with van der Waals surface area (Å²) in [4.78, 5) is 51.1. The quantitative estimate of drug-likeness (QED) is 0.278. The summed E-state index contributed by atoms with van der Waals surface area (Å²) in [6.45, 7) is 10.9. The van der Waals surface area contributed by atoms with Crippen molar-refractivity contribution in [2.24, 2.45) is 0 Å². The number of nitrogens with one attached hydrogen (secondary N) is 2. The smallest absolute Gasteiger partial charge is 0.412 e. The standard InChI is InChI=1S/C31H40ClN3O8/c1-20(41-29(39)35-18-16-24(19-35)34-28(38)43-30(2,3)4)40-27(37)31(5,6)42-25-13-7-21(8-14-25)15-17-33-26(36)22-9-11-23(32)12-10-22/h7-14,20,24H,15-19H2,1-6H3,(H,33,36)(H,34,38)/t20?,24-/m1/s1. The van der Waals surface area contributed by atoms with Crippen LogP contribution in [0.1, 0.15) is 63.9 Å². The van der Waals surface area contributed by atoms with Gasteiger partial charge in [0.2, 0.25) is 6.29 Å². The van der Waals surface area contributed by atoms with Crippen LogP contribution in [-0.2, 0) is 25.4 Å². The summed E-state index contributed by atoms with van der Waals surface area (Å²) in [6.07, 6.45) is -1.23. The first-order valence-corrected chi connectivity index (χ1v) is 14.5. The second-order valence-electron chi connectivity index (χ2n) is 11.7. The van der Waals surface area contributed by atoms with E-state index in [4.69, 9.17) is 30.5 Å². The lowest BCUT2D eigenvalue weighted by Gasteiger charge is -2.27. The van der Waals surface area contributed by atoms with E-state index in [1.54, 1.807) is 71.0 Å². The van der Waals surface area contributed by atoms with E-state index in [2.05, 4.69) is 10.6 Å². The predicted octanol–water partition coefficient (Wildman–Crippen LogP) is 5.09. The van der Waals surface area contributed by atoms with Crippen LogP contribution in [-0.4, -0.2) is 72.1 Å². The van der Waals surface area contributed by atoms with E-state index >= 15 is 0 Å². The molecule has 0 bridgehead atoms. The first kappa shape index (κ1) is 33.5. The minimum Gasteiger partial charge on any atom is -0.476 e. The molecule has 0 aromatic heterocycles. The minimum atomic E-state index is -1.37. The van der Waals surface area contributed by atoms with Crippen molar-refractivity contribution in [1.82, 2.24) is 15.5 Å². The largest absolute Gasteiger partial charge is 0.476 e. The second kappa shape index (κ2) is 14.5. The molecule has 1 aliphatic rings. The first-order chi connectivity index (χ1) is 20.1. The Morgan fingerprint density at radius 3 is 2.26 bits per heavy atom. The molecule has 2 aromatic carbocycles. The Kier molecular flexibility index (Phi) is 11.3. The molecular formula is C31H40ClN3O8. The van der Waals surface area contributed by atoms with Gasteiger partial charge in [0.05, 0.1) is 6.04 Å². The van der Waals surface area contributed by atoms with Crippen LogP contribution < -0.4 is 15.4 Å². The number of alkyl carbamates (subject to hydrolysis) is 1. The van der Waals surface area contributed by atoms with Crippen molar-refractivity contribution in [3.05, 3.63) is 64.7 Å². The Labute approximate surface area is 257 Å². The number of carbonyl (C=O) groups excluding carboxylic acids is 4. The fourth-order valence-corrected chi connectivity index (χ4v) is 4.26. The number of ether oxygens (including phenoxy) is 4. The molecule has 234 valence electrons. The van der Waals surface area contributed by atoms with Crippen molar-refractivity contribution < 1.29 is 38.1 Å². The van der Waals surface area contributed by atoms with E-state index < -0.39 is 35.6 Å². The molecule has 2 aromatic rings. The van der Waals surface area contributed by atoms with Gasteiger partial charge in [0.25, 0.3) is 5.91 Å². The van der Waals surface area contributed by atoms with E-state index in [9.17, 15) is 19.2 Å². The van der Waals surface area contributed by atoms with Crippen LogP contribution in [0.3, 0.4) is 0 Å². The third-order valence-corrected chi connectivity index (χ3v) is 6.55. The normalized spacial score (nSPS) is 15.7. The maximum absolute atomic E-state index is 12.8. The molecule has 0 saturated carbocycles. The fraction of sp³-hybridized carbons (Fsp3) is 0.484. The molecule has 1 aliphatic heterocycles. The zero-order chi connectivity index (χ0) is 31.8. The second-order valence-corrected chi connectivity index (χ2v) is 12.1. The number of halogens is 1. The van der Waals surface area contributed by atoms with Gasteiger partial charge in [-0.1, -0.05) is 23.7 Å². The number of hydrogen-bond acceptors (Lipinski definition) is 8. The zero-order valence-corrected chi connectivity index (χ0v) is 26.2. The molecule has 1 saturated heterocycles. The van der Waals surface area contributed by atoms with Crippen LogP contribution in [0.25, 0.3) is 0 Å². The van der Waals surface area contributed by atoms with Gasteiger partial charge in [-0.15, -0.1) is 0 Å². The number of carbonyl (C=O) groups is 4. The van der Waals surface area contributed by atoms with Gasteiger partial charge in [-0.05, 0) is 89.4 Å². The number of amides is 3. The molecule has 43 heavy (non-hydrogen) atoms. The number of esters is 1. The summed E-state index contributed by atoms with van der Waals surface area (Å²) in [5.74, 6) is -0.453. The van der Waals surface area contributed by atoms with Crippen molar-refractivity contribution in [2.45, 2.75) is 77.9 Å². The summed E-state index contributed by atoms with van der Waals surface area (Å²) in [6, 6.07) is 13.5. The third-order valence-electron chi connectivity index (χ3n) is 6.30. The van der Waals surface area contributed by atoms with Gasteiger partial charge in [-0.3, -0.25) is 4.79 Å². The SMILES string of the molecule is CC(OC(=O)N1CC[C@@H](NC(=O)OC(C)(C)C)C1)OC(=O)C(C)(C)Oc1ccc(CCNC(=O)c2ccc(Cl)cc2)cc1. The number of benzene rings is 2. The predicted molar refractivity (Wildman–Crippen MR) is 160 cm³/mol. The topological polar surface area (TPSA) is 133 Å². The van der Waals surface area contributed by atoms with E-state index in [0.717, 1.165) is 5.56 Å². The maximum Gasteiger partial charge on any atom is 0.412 e. The minimum absolute atomic E-state index is 0.184. The molecule has 2 atom stereocenters. The van der Waals surface area contributed by atoms with Crippen molar-refractivity contribution in [2.75, 3.05) is 19.6 Å². The van der Waals surface area contributed by atoms with Gasteiger partial charge in [0, 0.05) is 37.1 Å². The molecule has 1 unspecified atom stereocenters. The summed E-state index contributed by atoms with van der Waals surface area (Å²) in [5, 5.41) is 6.17. The summed E-state index contributed by atoms with van der Waals surface area (Å²) >= 11 is 5.86. The van der Waals surface area contributed by atoms with Crippen LogP contribution in [0.2, 0.25) is 5.02 Å². The molecule has 0 spiro atoms. The number of nitrogens with zero attached hydrogens (tertiary/aromatic N) is 1. The van der Waals surface area contributed by atoms with Crippen molar-refractivity contribution >= 4 is 35.7 Å². The van der Waals surface area contributed by atoms with Crippen LogP contribution in [0.5, 0.6) is 5.75 Å². The van der Waals surface area contributed by atoms with Crippen LogP contribution >= 0.6 is 11.6 Å². The average Bonchev–Trinajstić information content (AvgIpc) is 3.37. The lowest BCUT2D eigenvalue weighted by Crippen LogP contribution is -2.43. The summed E-state index contributed by atoms with van der Waals surface area (Å²) < 4.78 is 21.7. The van der Waals surface area contributed by atoms with E-state index in [-0.39, 0.29) is 18.5 Å². The molecule has 1 fully saturated rings. The Morgan fingerprint density at radius 1 is 0.977 bits per heavy atom. The third kappa shape index (κ3) is 11.0. The van der Waals surface area contributed by atoms with Crippen LogP contribution in [0.15, 0.2) is 48.5 Å². The van der Waals surface area contributed by atoms with Crippen molar-refractivity contribution in [3.8, 4) is 5.75 Å². The van der Waals surface area contributed by atoms with Gasteiger partial charge < -0.3 is 34.5 Å². The van der Waals surface area contributed by atoms with Crippen LogP contribution in [0.4, 0.5) is 9.59 Å². The highest BCUT2D eigenvalue weighted by atomic mass is 35.5. The molecular weight excluding hydrogens is 578 g/mol. The Hall–Kier alpha value is -3.99. The number of likely N-dealkylation sites (tertiary alicyclic amines) is 1. The Balaban J connectivity index is 1.40. The molecule has 1 heterocycles. The molecule has 3 rings (SSSR count). The van der Waals surface area contributed by atoms with Crippen LogP contribution in [0, 0.1) is 0 Å². The van der Waals surface area contributed by atoms with Crippen molar-refractivity contribution in [3.63, 3.8) is 0 Å². The molecule has 0 radical (unpaired) electrons. The van der Waals surface area contributed by atoms with E-state index in [0.29, 0.717) is 42.3 Å². The monoisotopic (exact) mass is 617 g/mol. The Morgan fingerprint density at radius 2 is 1.63 bits per heavy atom. The highest BCUT2D eigenvalue weighted by Gasteiger charge is 2.35. The van der Waals surface area contributed by atoms with Gasteiger partial charge in [0.1, 0.15) is 11.4 Å². The van der Waals surface area contributed by atoms with E-state index in [1.165, 1.54) is 11.8 Å². The zero-order valence-electron chi connectivity index (χ0n) is 25.4. The highest BCUT2D eigenvalue weighted by Crippen LogP contribution is 2.22. The van der Waals surface area contributed by atoms with Gasteiger partial charge in [-0.2, -0.15) is 0 Å². The Bertz CT molecular complexity index is 1280. The van der Waals surface area contributed by atoms with Crippen molar-refractivity contribution in [1.29, 1.82) is 0 Å². The molecule has 11 nitrogen and oxygen atoms in total. The lowest BCUT2D eigenvalue weighted by molar-refractivity contribution is -0.181. The summed E-state index contributed by atoms with van der Waals surface area (Å²) in [5.41, 5.74) is -0.495. The number of hydrogen-bond donors (Lipinski definition) is 2. The number of rotatable bonds is 10. The first-order valence-electron chi connectivity index (χ1n) is 14.1. The van der Waals surface area contributed by atoms with E-state index in [1.807, 2.05) is 12.1 Å². The highest BCUT2D eigenvalue weighted by molar-refractivity contribution is 6.30. The fourth-order valence-electron chi connectivity index (χ4n) is 4.14. The lowest BCUT2D eigenvalue weighted by atomic mass is 10.1. The van der Waals surface area contributed by atoms with Gasteiger partial charge >= 0.3 is 18.2 Å². The molecule has 3 amide bonds. The molecule has 0 aliphatic carbocycles.